The summed E-state index contributed by atoms with van der Waals surface area (Å²) in [6.07, 6.45) is 0. The van der Waals surface area contributed by atoms with Gasteiger partial charge in [0.2, 0.25) is 0 Å². The van der Waals surface area contributed by atoms with Gasteiger partial charge in [-0.3, -0.25) is 0 Å². The number of nitrogen functional groups attached to an aromatic ring is 2. The monoisotopic (exact) mass is 255 g/mol. The van der Waals surface area contributed by atoms with Crippen LogP contribution in [0.25, 0.3) is 0 Å². The van der Waals surface area contributed by atoms with E-state index in [-0.39, 0.29) is 0 Å². The van der Waals surface area contributed by atoms with E-state index < -0.39 is 0 Å². The first kappa shape index (κ1) is 13.3. The minimum Gasteiger partial charge on any atom is -0.397 e. The standard InChI is InChI=1S/C16H21N3/c1-9-8-15(12(4)11(3)10(9)2)19-14-7-5-6-13(17)16(14)18/h5-8,19H,17-18H2,1-4H3. The maximum Gasteiger partial charge on any atom is 0.0786 e. The average Bonchev–Trinajstić information content (AvgIpc) is 2.38. The predicted molar refractivity (Wildman–Crippen MR) is 83.9 cm³/mol. The molecular weight excluding hydrogens is 234 g/mol. The molecule has 0 amide bonds. The van der Waals surface area contributed by atoms with Gasteiger partial charge in [-0.2, -0.15) is 0 Å². The molecule has 0 fully saturated rings. The lowest BCUT2D eigenvalue weighted by Crippen LogP contribution is -2.03. The summed E-state index contributed by atoms with van der Waals surface area (Å²) in [7, 11) is 0. The highest BCUT2D eigenvalue weighted by Gasteiger charge is 2.09. The summed E-state index contributed by atoms with van der Waals surface area (Å²) in [6.45, 7) is 8.53. The zero-order valence-electron chi connectivity index (χ0n) is 12.0. The van der Waals surface area contributed by atoms with Crippen LogP contribution in [-0.2, 0) is 0 Å². The molecule has 0 bridgehead atoms. The van der Waals surface area contributed by atoms with Crippen LogP contribution in [0.1, 0.15) is 22.3 Å². The lowest BCUT2D eigenvalue weighted by Gasteiger charge is -2.17. The van der Waals surface area contributed by atoms with Crippen molar-refractivity contribution in [3.05, 3.63) is 46.5 Å². The normalized spacial score (nSPS) is 10.5. The Balaban J connectivity index is 2.47. The Morgan fingerprint density at radius 3 is 2.21 bits per heavy atom. The molecule has 0 aromatic heterocycles. The minimum absolute atomic E-state index is 0.595. The molecular formula is C16H21N3. The summed E-state index contributed by atoms with van der Waals surface area (Å²) in [5, 5.41) is 3.39. The molecule has 100 valence electrons. The number of hydrogen-bond acceptors (Lipinski definition) is 3. The van der Waals surface area contributed by atoms with Crippen LogP contribution in [0.2, 0.25) is 0 Å². The first-order chi connectivity index (χ1) is 8.91. The fraction of sp³-hybridized carbons (Fsp3) is 0.250. The van der Waals surface area contributed by atoms with Crippen molar-refractivity contribution in [2.75, 3.05) is 16.8 Å². The number of rotatable bonds is 2. The number of anilines is 4. The van der Waals surface area contributed by atoms with Crippen LogP contribution in [0.3, 0.4) is 0 Å². The summed E-state index contributed by atoms with van der Waals surface area (Å²) >= 11 is 0. The molecule has 5 N–H and O–H groups in total. The van der Waals surface area contributed by atoms with Gasteiger partial charge < -0.3 is 16.8 Å². The maximum absolute atomic E-state index is 6.00. The van der Waals surface area contributed by atoms with Crippen molar-refractivity contribution < 1.29 is 0 Å². The highest BCUT2D eigenvalue weighted by atomic mass is 14.9. The summed E-state index contributed by atoms with van der Waals surface area (Å²) in [6, 6.07) is 7.80. The van der Waals surface area contributed by atoms with Gasteiger partial charge >= 0.3 is 0 Å². The second-order valence-electron chi connectivity index (χ2n) is 5.05. The second-order valence-corrected chi connectivity index (χ2v) is 5.05. The molecule has 2 aromatic rings. The second kappa shape index (κ2) is 4.84. The third-order valence-corrected chi connectivity index (χ3v) is 3.89. The SMILES string of the molecule is Cc1cc(Nc2cccc(N)c2N)c(C)c(C)c1C. The Bertz CT molecular complexity index is 630. The molecule has 0 aliphatic heterocycles. The van der Waals surface area contributed by atoms with Crippen molar-refractivity contribution in [2.24, 2.45) is 0 Å². The van der Waals surface area contributed by atoms with Crippen molar-refractivity contribution in [2.45, 2.75) is 27.7 Å². The first-order valence-corrected chi connectivity index (χ1v) is 6.40. The van der Waals surface area contributed by atoms with Crippen molar-refractivity contribution in [1.29, 1.82) is 0 Å². The summed E-state index contributed by atoms with van der Waals surface area (Å²) in [5.74, 6) is 0. The molecule has 3 nitrogen and oxygen atoms in total. The van der Waals surface area contributed by atoms with E-state index in [0.717, 1.165) is 11.4 Å². The van der Waals surface area contributed by atoms with Gasteiger partial charge in [0.1, 0.15) is 0 Å². The first-order valence-electron chi connectivity index (χ1n) is 6.40. The number of benzene rings is 2. The Kier molecular flexibility index (Phi) is 3.38. The maximum atomic E-state index is 6.00. The van der Waals surface area contributed by atoms with Crippen LogP contribution in [0.4, 0.5) is 22.7 Å². The van der Waals surface area contributed by atoms with Crippen molar-refractivity contribution in [1.82, 2.24) is 0 Å². The van der Waals surface area contributed by atoms with Gasteiger partial charge in [-0.15, -0.1) is 0 Å². The van der Waals surface area contributed by atoms with Crippen molar-refractivity contribution in [3.8, 4) is 0 Å². The van der Waals surface area contributed by atoms with Crippen molar-refractivity contribution >= 4 is 22.7 Å². The predicted octanol–water partition coefficient (Wildman–Crippen LogP) is 3.83. The van der Waals surface area contributed by atoms with E-state index in [4.69, 9.17) is 11.5 Å². The molecule has 0 atom stereocenters. The molecule has 19 heavy (non-hydrogen) atoms. The van der Waals surface area contributed by atoms with Gasteiger partial charge in [-0.1, -0.05) is 6.07 Å². The molecule has 3 heteroatoms. The summed E-state index contributed by atoms with van der Waals surface area (Å²) in [5.41, 5.74) is 20.1. The van der Waals surface area contributed by atoms with Gasteiger partial charge in [0.25, 0.3) is 0 Å². The van der Waals surface area contributed by atoms with Gasteiger partial charge in [-0.05, 0) is 68.1 Å². The Morgan fingerprint density at radius 1 is 0.842 bits per heavy atom. The fourth-order valence-corrected chi connectivity index (χ4v) is 2.18. The van der Waals surface area contributed by atoms with Crippen LogP contribution in [0.15, 0.2) is 24.3 Å². The molecule has 0 spiro atoms. The Hall–Kier alpha value is -2.16. The average molecular weight is 255 g/mol. The molecule has 2 aromatic carbocycles. The van der Waals surface area contributed by atoms with E-state index in [9.17, 15) is 0 Å². The number of hydrogen-bond donors (Lipinski definition) is 3. The number of para-hydroxylation sites is 1. The van der Waals surface area contributed by atoms with E-state index in [2.05, 4.69) is 39.1 Å². The van der Waals surface area contributed by atoms with E-state index in [0.29, 0.717) is 11.4 Å². The van der Waals surface area contributed by atoms with Gasteiger partial charge in [0.15, 0.2) is 0 Å². The molecule has 0 aliphatic rings. The van der Waals surface area contributed by atoms with Crippen LogP contribution >= 0.6 is 0 Å². The van der Waals surface area contributed by atoms with E-state index in [1.54, 1.807) is 6.07 Å². The van der Waals surface area contributed by atoms with Crippen molar-refractivity contribution in [3.63, 3.8) is 0 Å². The highest BCUT2D eigenvalue weighted by molar-refractivity contribution is 5.82. The summed E-state index contributed by atoms with van der Waals surface area (Å²) in [4.78, 5) is 0. The van der Waals surface area contributed by atoms with E-state index >= 15 is 0 Å². The molecule has 0 heterocycles. The highest BCUT2D eigenvalue weighted by Crippen LogP contribution is 2.31. The Labute approximate surface area is 114 Å². The van der Waals surface area contributed by atoms with Gasteiger partial charge in [0, 0.05) is 5.69 Å². The third kappa shape index (κ3) is 2.36. The summed E-state index contributed by atoms with van der Waals surface area (Å²) < 4.78 is 0. The molecule has 0 saturated carbocycles. The lowest BCUT2D eigenvalue weighted by molar-refractivity contribution is 1.21. The van der Waals surface area contributed by atoms with Gasteiger partial charge in [-0.25, -0.2) is 0 Å². The molecule has 0 saturated heterocycles. The number of nitrogens with two attached hydrogens (primary N) is 2. The Morgan fingerprint density at radius 2 is 1.53 bits per heavy atom. The van der Waals surface area contributed by atoms with Gasteiger partial charge in [0.05, 0.1) is 17.1 Å². The number of nitrogens with one attached hydrogen (secondary N) is 1. The molecule has 0 unspecified atom stereocenters. The van der Waals surface area contributed by atoms with Crippen LogP contribution < -0.4 is 16.8 Å². The van der Waals surface area contributed by atoms with E-state index in [1.165, 1.54) is 22.3 Å². The van der Waals surface area contributed by atoms with Crippen LogP contribution in [0, 0.1) is 27.7 Å². The number of aryl methyl sites for hydroxylation is 1. The smallest absolute Gasteiger partial charge is 0.0786 e. The zero-order valence-corrected chi connectivity index (χ0v) is 12.0. The van der Waals surface area contributed by atoms with Crippen LogP contribution in [0.5, 0.6) is 0 Å². The molecule has 0 aliphatic carbocycles. The third-order valence-electron chi connectivity index (χ3n) is 3.89. The van der Waals surface area contributed by atoms with E-state index in [1.807, 2.05) is 12.1 Å². The zero-order chi connectivity index (χ0) is 14.2. The minimum atomic E-state index is 0.595. The molecule has 0 radical (unpaired) electrons. The largest absolute Gasteiger partial charge is 0.397 e. The molecule has 2 rings (SSSR count). The fourth-order valence-electron chi connectivity index (χ4n) is 2.18. The lowest BCUT2D eigenvalue weighted by atomic mass is 9.97. The quantitative estimate of drug-likeness (QED) is 0.715. The topological polar surface area (TPSA) is 64.1 Å². The van der Waals surface area contributed by atoms with Crippen LogP contribution in [-0.4, -0.2) is 0 Å².